The summed E-state index contributed by atoms with van der Waals surface area (Å²) in [4.78, 5) is -3.67. The van der Waals surface area contributed by atoms with Crippen molar-refractivity contribution in [1.29, 1.82) is 0 Å². The van der Waals surface area contributed by atoms with Crippen molar-refractivity contribution in [1.82, 2.24) is 0 Å². The molecule has 18 heteroatoms. The largest absolute Gasteiger partial charge is 1.00 e. The van der Waals surface area contributed by atoms with Gasteiger partial charge >= 0.3 is 59.1 Å². The minimum Gasteiger partial charge on any atom is -0.744 e. The van der Waals surface area contributed by atoms with Gasteiger partial charge < -0.3 is 9.11 Å². The predicted octanol–water partition coefficient (Wildman–Crippen LogP) is -4.01. The molecule has 0 amide bonds. The van der Waals surface area contributed by atoms with Gasteiger partial charge in [-0.25, -0.2) is 16.8 Å². The standard InChI is InChI=1S/2C10H8O6S2.2Na/c2*11-17(12,13)9-6-5-7-3-1-2-4-8(7)10(9)18(14,15)16;;/h2*1-6H,(H,11,12,13)(H,14,15,16);;/q;;2*+1/p-2. The molecule has 4 aromatic rings. The minimum atomic E-state index is -5.07. The smallest absolute Gasteiger partial charge is 0.744 e. The zero-order valence-corrected chi connectivity index (χ0v) is 26.8. The molecule has 12 nitrogen and oxygen atoms in total. The van der Waals surface area contributed by atoms with Gasteiger partial charge in [0.25, 0.3) is 20.2 Å². The summed E-state index contributed by atoms with van der Waals surface area (Å²) in [5.41, 5.74) is 0. The molecule has 0 aliphatic carbocycles. The number of hydrogen-bond acceptors (Lipinski definition) is 10. The Kier molecular flexibility index (Phi) is 11.7. The average Bonchev–Trinajstić information content (AvgIpc) is 2.75. The molecule has 0 radical (unpaired) electrons. The SMILES string of the molecule is O=S(=O)(O)c1ccc2ccccc2c1S(=O)(=O)O.O=S(=O)([O-])c1ccc2ccccc2c1S(=O)(=O)[O-].[Na+].[Na+]. The molecular weight excluding hydrogens is 606 g/mol. The van der Waals surface area contributed by atoms with Crippen molar-refractivity contribution in [3.63, 3.8) is 0 Å². The molecule has 38 heavy (non-hydrogen) atoms. The number of rotatable bonds is 4. The van der Waals surface area contributed by atoms with E-state index >= 15 is 0 Å². The second-order valence-corrected chi connectivity index (χ2v) is 12.5. The van der Waals surface area contributed by atoms with E-state index in [2.05, 4.69) is 0 Å². The molecule has 0 fully saturated rings. The van der Waals surface area contributed by atoms with E-state index in [1.54, 1.807) is 18.2 Å². The molecule has 0 saturated carbocycles. The summed E-state index contributed by atoms with van der Waals surface area (Å²) in [6.45, 7) is 0. The van der Waals surface area contributed by atoms with Crippen LogP contribution in [-0.4, -0.2) is 51.9 Å². The summed E-state index contributed by atoms with van der Waals surface area (Å²) < 4.78 is 129. The van der Waals surface area contributed by atoms with Gasteiger partial charge in [0.05, 0.1) is 9.79 Å². The summed E-state index contributed by atoms with van der Waals surface area (Å²) in [5.74, 6) is 0. The molecule has 2 N–H and O–H groups in total. The summed E-state index contributed by atoms with van der Waals surface area (Å²) in [6, 6.07) is 16.2. The molecule has 4 aromatic carbocycles. The molecule has 0 saturated heterocycles. The fraction of sp³-hybridized carbons (Fsp3) is 0. The van der Waals surface area contributed by atoms with Gasteiger partial charge in [-0.05, 0) is 22.9 Å². The van der Waals surface area contributed by atoms with Crippen LogP contribution >= 0.6 is 0 Å². The summed E-state index contributed by atoms with van der Waals surface area (Å²) in [7, 11) is -19.6. The Morgan fingerprint density at radius 1 is 0.474 bits per heavy atom. The third-order valence-corrected chi connectivity index (χ3v) is 8.67. The van der Waals surface area contributed by atoms with Gasteiger partial charge in [0.15, 0.2) is 0 Å². The van der Waals surface area contributed by atoms with Crippen molar-refractivity contribution in [3.05, 3.63) is 72.8 Å². The Morgan fingerprint density at radius 3 is 1.24 bits per heavy atom. The van der Waals surface area contributed by atoms with Crippen molar-refractivity contribution in [2.75, 3.05) is 0 Å². The van der Waals surface area contributed by atoms with E-state index in [1.165, 1.54) is 42.5 Å². The second kappa shape index (κ2) is 12.7. The monoisotopic (exact) mass is 620 g/mol. The fourth-order valence-electron chi connectivity index (χ4n) is 3.37. The summed E-state index contributed by atoms with van der Waals surface area (Å²) >= 11 is 0. The van der Waals surface area contributed by atoms with E-state index in [-0.39, 0.29) is 69.9 Å². The zero-order valence-electron chi connectivity index (χ0n) is 19.5. The minimum absolute atomic E-state index is 0. The maximum atomic E-state index is 11.3. The third-order valence-electron chi connectivity index (χ3n) is 4.74. The normalized spacial score (nSPS) is 12.1. The predicted molar refractivity (Wildman–Crippen MR) is 123 cm³/mol. The Hall–Kier alpha value is -0.960. The maximum absolute atomic E-state index is 11.3. The quantitative estimate of drug-likeness (QED) is 0.165. The zero-order chi connectivity index (χ0) is 27.1. The van der Waals surface area contributed by atoms with E-state index in [4.69, 9.17) is 9.11 Å². The Morgan fingerprint density at radius 2 is 0.868 bits per heavy atom. The van der Waals surface area contributed by atoms with Crippen LogP contribution in [0.15, 0.2) is 92.4 Å². The molecule has 0 unspecified atom stereocenters. The van der Waals surface area contributed by atoms with Crippen LogP contribution in [-0.2, 0) is 40.5 Å². The van der Waals surface area contributed by atoms with E-state index < -0.39 is 60.1 Å². The van der Waals surface area contributed by atoms with Crippen LogP contribution in [0.1, 0.15) is 0 Å². The molecule has 0 aliphatic heterocycles. The molecule has 0 aliphatic rings. The topological polar surface area (TPSA) is 223 Å². The van der Waals surface area contributed by atoms with Gasteiger partial charge in [-0.3, -0.25) is 9.11 Å². The number of benzene rings is 4. The molecule has 0 heterocycles. The van der Waals surface area contributed by atoms with E-state index in [0.29, 0.717) is 10.8 Å². The Balaban J connectivity index is 0.000000361. The van der Waals surface area contributed by atoms with Gasteiger partial charge in [0.2, 0.25) is 0 Å². The van der Waals surface area contributed by atoms with E-state index in [1.807, 2.05) is 0 Å². The van der Waals surface area contributed by atoms with E-state index in [9.17, 15) is 42.8 Å². The van der Waals surface area contributed by atoms with E-state index in [0.717, 1.165) is 12.1 Å². The van der Waals surface area contributed by atoms with Crippen LogP contribution in [0.5, 0.6) is 0 Å². The number of hydrogen-bond donors (Lipinski definition) is 2. The van der Waals surface area contributed by atoms with Gasteiger partial charge in [0.1, 0.15) is 30.0 Å². The third kappa shape index (κ3) is 8.05. The molecule has 0 bridgehead atoms. The molecule has 192 valence electrons. The Bertz CT molecular complexity index is 1800. The molecule has 0 spiro atoms. The van der Waals surface area contributed by atoms with Crippen molar-refractivity contribution in [2.45, 2.75) is 19.6 Å². The van der Waals surface area contributed by atoms with Crippen LogP contribution in [0.4, 0.5) is 0 Å². The van der Waals surface area contributed by atoms with Crippen molar-refractivity contribution >= 4 is 62.0 Å². The van der Waals surface area contributed by atoms with Crippen LogP contribution in [0.2, 0.25) is 0 Å². The first-order valence-electron chi connectivity index (χ1n) is 9.32. The Labute approximate surface area is 262 Å². The first kappa shape index (κ1) is 35.1. The van der Waals surface area contributed by atoms with Crippen molar-refractivity contribution < 1.29 is 111 Å². The van der Waals surface area contributed by atoms with Crippen molar-refractivity contribution in [2.24, 2.45) is 0 Å². The molecule has 4 rings (SSSR count). The first-order chi connectivity index (χ1) is 16.4. The fourth-order valence-corrected chi connectivity index (χ4v) is 7.33. The second-order valence-electron chi connectivity index (χ2n) is 7.09. The maximum Gasteiger partial charge on any atom is 1.00 e. The van der Waals surface area contributed by atoms with Gasteiger partial charge in [0, 0.05) is 10.8 Å². The van der Waals surface area contributed by atoms with Gasteiger partial charge in [-0.15, -0.1) is 0 Å². The molecule has 0 atom stereocenters. The van der Waals surface area contributed by atoms with Gasteiger partial charge in [-0.2, -0.15) is 16.8 Å². The number of fused-ring (bicyclic) bond motifs is 2. The van der Waals surface area contributed by atoms with Gasteiger partial charge in [-0.1, -0.05) is 60.7 Å². The van der Waals surface area contributed by atoms with Crippen LogP contribution in [0.3, 0.4) is 0 Å². The summed E-state index contributed by atoms with van der Waals surface area (Å²) in [6.07, 6.45) is 0. The van der Waals surface area contributed by atoms with Crippen LogP contribution < -0.4 is 59.1 Å². The first-order valence-corrected chi connectivity index (χ1v) is 15.0. The molecular formula is C20H14Na2O12S4. The van der Waals surface area contributed by atoms with Crippen LogP contribution in [0.25, 0.3) is 21.5 Å². The summed E-state index contributed by atoms with van der Waals surface area (Å²) in [5, 5.41) is 0.733. The molecule has 0 aromatic heterocycles. The van der Waals surface area contributed by atoms with Crippen LogP contribution in [0, 0.1) is 0 Å². The van der Waals surface area contributed by atoms with Crippen molar-refractivity contribution in [3.8, 4) is 0 Å². The average molecular weight is 621 g/mol.